The highest BCUT2D eigenvalue weighted by Gasteiger charge is 2.26. The van der Waals surface area contributed by atoms with Crippen molar-refractivity contribution in [2.75, 3.05) is 6.54 Å². The number of aliphatic hydroxyl groups excluding tert-OH is 1. The maximum Gasteiger partial charge on any atom is 0.224 e. The van der Waals surface area contributed by atoms with E-state index in [-0.39, 0.29) is 5.91 Å². The molecule has 1 aromatic carbocycles. The van der Waals surface area contributed by atoms with Gasteiger partial charge in [0, 0.05) is 25.7 Å². The Kier molecular flexibility index (Phi) is 3.94. The second-order valence-corrected chi connectivity index (χ2v) is 5.60. The van der Waals surface area contributed by atoms with Crippen molar-refractivity contribution in [3.8, 4) is 0 Å². The molecule has 1 aromatic heterocycles. The van der Waals surface area contributed by atoms with Crippen molar-refractivity contribution in [1.29, 1.82) is 0 Å². The molecule has 110 valence electrons. The van der Waals surface area contributed by atoms with Gasteiger partial charge in [-0.05, 0) is 11.1 Å². The largest absolute Gasteiger partial charge is 0.387 e. The Labute approximate surface area is 127 Å². The summed E-state index contributed by atoms with van der Waals surface area (Å²) in [6, 6.07) is 7.69. The molecule has 1 atom stereocenters. The van der Waals surface area contributed by atoms with Crippen molar-refractivity contribution in [2.24, 2.45) is 0 Å². The fourth-order valence-electron chi connectivity index (χ4n) is 2.60. The molecule has 1 amide bonds. The highest BCUT2D eigenvalue weighted by molar-refractivity contribution is 6.30. The van der Waals surface area contributed by atoms with E-state index in [0.717, 1.165) is 11.1 Å². The van der Waals surface area contributed by atoms with Gasteiger partial charge >= 0.3 is 0 Å². The summed E-state index contributed by atoms with van der Waals surface area (Å²) in [5.74, 6) is 0.00942. The first-order chi connectivity index (χ1) is 10.1. The van der Waals surface area contributed by atoms with Crippen molar-refractivity contribution in [2.45, 2.75) is 25.6 Å². The summed E-state index contributed by atoms with van der Waals surface area (Å²) >= 11 is 5.79. The number of aliphatic hydroxyl groups is 1. The third kappa shape index (κ3) is 3.09. The van der Waals surface area contributed by atoms with Crippen LogP contribution in [0.1, 0.15) is 23.7 Å². The highest BCUT2D eigenvalue weighted by atomic mass is 35.5. The van der Waals surface area contributed by atoms with Crippen LogP contribution in [-0.4, -0.2) is 32.2 Å². The Balaban J connectivity index is 1.64. The van der Waals surface area contributed by atoms with E-state index in [1.165, 1.54) is 0 Å². The third-order valence-corrected chi connectivity index (χ3v) is 3.87. The fraction of sp³-hybridized carbons (Fsp3) is 0.333. The zero-order valence-electron chi connectivity index (χ0n) is 11.4. The quantitative estimate of drug-likeness (QED) is 0.943. The van der Waals surface area contributed by atoms with Gasteiger partial charge < -0.3 is 10.0 Å². The Bertz CT molecular complexity index is 656. The standard InChI is InChI=1S/C15H16ClN3O2/c16-12-7-17-19(9-12)6-5-15(21)18-8-11-3-1-2-4-13(11)14(20)10-18/h1-4,7,9,14,20H,5-6,8,10H2. The lowest BCUT2D eigenvalue weighted by Crippen LogP contribution is -2.38. The monoisotopic (exact) mass is 305 g/mol. The number of benzene rings is 1. The predicted molar refractivity (Wildman–Crippen MR) is 78.7 cm³/mol. The Hall–Kier alpha value is -1.85. The highest BCUT2D eigenvalue weighted by Crippen LogP contribution is 2.26. The molecular formula is C15H16ClN3O2. The zero-order valence-corrected chi connectivity index (χ0v) is 12.2. The number of aryl methyl sites for hydroxylation is 1. The van der Waals surface area contributed by atoms with Gasteiger partial charge in [-0.1, -0.05) is 35.9 Å². The van der Waals surface area contributed by atoms with Crippen LogP contribution >= 0.6 is 11.6 Å². The van der Waals surface area contributed by atoms with Crippen LogP contribution in [0.4, 0.5) is 0 Å². The molecule has 1 aliphatic rings. The second-order valence-electron chi connectivity index (χ2n) is 5.16. The van der Waals surface area contributed by atoms with E-state index in [1.54, 1.807) is 22.0 Å². The zero-order chi connectivity index (χ0) is 14.8. The average Bonchev–Trinajstić information content (AvgIpc) is 2.90. The molecule has 1 N–H and O–H groups in total. The van der Waals surface area contributed by atoms with Crippen LogP contribution in [0.15, 0.2) is 36.7 Å². The maximum atomic E-state index is 12.3. The summed E-state index contributed by atoms with van der Waals surface area (Å²) in [4.78, 5) is 14.0. The summed E-state index contributed by atoms with van der Waals surface area (Å²) in [7, 11) is 0. The number of fused-ring (bicyclic) bond motifs is 1. The lowest BCUT2D eigenvalue weighted by Gasteiger charge is -2.32. The Morgan fingerprint density at radius 2 is 2.24 bits per heavy atom. The van der Waals surface area contributed by atoms with E-state index in [0.29, 0.717) is 31.1 Å². The molecule has 0 bridgehead atoms. The molecule has 6 heteroatoms. The minimum atomic E-state index is -0.613. The first-order valence-corrected chi connectivity index (χ1v) is 7.23. The van der Waals surface area contributed by atoms with Crippen molar-refractivity contribution in [3.63, 3.8) is 0 Å². The van der Waals surface area contributed by atoms with Crippen LogP contribution in [-0.2, 0) is 17.9 Å². The Morgan fingerprint density at radius 1 is 1.43 bits per heavy atom. The van der Waals surface area contributed by atoms with E-state index in [1.807, 2.05) is 24.3 Å². The molecule has 5 nitrogen and oxygen atoms in total. The molecule has 0 aliphatic carbocycles. The van der Waals surface area contributed by atoms with Crippen molar-refractivity contribution >= 4 is 17.5 Å². The van der Waals surface area contributed by atoms with Gasteiger partial charge in [0.05, 0.1) is 23.9 Å². The molecule has 0 saturated carbocycles. The van der Waals surface area contributed by atoms with Gasteiger partial charge in [0.2, 0.25) is 5.91 Å². The number of halogens is 1. The number of rotatable bonds is 3. The number of carbonyl (C=O) groups is 1. The molecule has 21 heavy (non-hydrogen) atoms. The number of β-amino-alcohol motifs (C(OH)–C–C–N with tert-alkyl or cyclic N) is 1. The second kappa shape index (κ2) is 5.87. The molecule has 0 spiro atoms. The average molecular weight is 306 g/mol. The summed E-state index contributed by atoms with van der Waals surface area (Å²) in [6.45, 7) is 1.38. The number of hydrogen-bond acceptors (Lipinski definition) is 3. The lowest BCUT2D eigenvalue weighted by atomic mass is 9.97. The van der Waals surface area contributed by atoms with Crippen molar-refractivity contribution < 1.29 is 9.90 Å². The minimum Gasteiger partial charge on any atom is -0.387 e. The van der Waals surface area contributed by atoms with E-state index in [9.17, 15) is 9.90 Å². The molecule has 0 saturated heterocycles. The molecule has 1 unspecified atom stereocenters. The number of aromatic nitrogens is 2. The van der Waals surface area contributed by atoms with Crippen LogP contribution in [0.3, 0.4) is 0 Å². The van der Waals surface area contributed by atoms with Gasteiger partial charge in [-0.25, -0.2) is 0 Å². The van der Waals surface area contributed by atoms with Gasteiger partial charge in [-0.2, -0.15) is 5.10 Å². The first kappa shape index (κ1) is 14.1. The molecule has 1 aliphatic heterocycles. The summed E-state index contributed by atoms with van der Waals surface area (Å²) in [5.41, 5.74) is 1.92. The SMILES string of the molecule is O=C(CCn1cc(Cl)cn1)N1Cc2ccccc2C(O)C1. The predicted octanol–water partition coefficient (Wildman–Crippen LogP) is 2.00. The maximum absolute atomic E-state index is 12.3. The van der Waals surface area contributed by atoms with Gasteiger partial charge in [0.25, 0.3) is 0 Å². The minimum absolute atomic E-state index is 0.00942. The molecule has 2 heterocycles. The van der Waals surface area contributed by atoms with E-state index in [2.05, 4.69) is 5.10 Å². The number of nitrogens with zero attached hydrogens (tertiary/aromatic N) is 3. The summed E-state index contributed by atoms with van der Waals surface area (Å²) in [5, 5.41) is 14.7. The van der Waals surface area contributed by atoms with Gasteiger partial charge in [0.15, 0.2) is 0 Å². The molecule has 2 aromatic rings. The Morgan fingerprint density at radius 3 is 3.00 bits per heavy atom. The topological polar surface area (TPSA) is 58.4 Å². The summed E-state index contributed by atoms with van der Waals surface area (Å²) in [6.07, 6.45) is 2.97. The van der Waals surface area contributed by atoms with Crippen molar-refractivity contribution in [3.05, 3.63) is 52.8 Å². The van der Waals surface area contributed by atoms with Gasteiger partial charge in [-0.3, -0.25) is 9.48 Å². The van der Waals surface area contributed by atoms with Gasteiger partial charge in [0.1, 0.15) is 0 Å². The van der Waals surface area contributed by atoms with E-state index in [4.69, 9.17) is 11.6 Å². The van der Waals surface area contributed by atoms with Crippen LogP contribution < -0.4 is 0 Å². The van der Waals surface area contributed by atoms with Crippen molar-refractivity contribution in [1.82, 2.24) is 14.7 Å². The lowest BCUT2D eigenvalue weighted by molar-refractivity contribution is -0.134. The smallest absolute Gasteiger partial charge is 0.224 e. The van der Waals surface area contributed by atoms with E-state index < -0.39 is 6.10 Å². The van der Waals surface area contributed by atoms with Crippen LogP contribution in [0.5, 0.6) is 0 Å². The number of hydrogen-bond donors (Lipinski definition) is 1. The van der Waals surface area contributed by atoms with E-state index >= 15 is 0 Å². The van der Waals surface area contributed by atoms with Gasteiger partial charge in [-0.15, -0.1) is 0 Å². The number of amides is 1. The molecule has 0 radical (unpaired) electrons. The molecule has 3 rings (SSSR count). The fourth-order valence-corrected chi connectivity index (χ4v) is 2.76. The first-order valence-electron chi connectivity index (χ1n) is 6.85. The van der Waals surface area contributed by atoms with Crippen LogP contribution in [0.25, 0.3) is 0 Å². The third-order valence-electron chi connectivity index (χ3n) is 3.68. The molecular weight excluding hydrogens is 290 g/mol. The summed E-state index contributed by atoms with van der Waals surface area (Å²) < 4.78 is 1.65. The molecule has 0 fully saturated rings. The van der Waals surface area contributed by atoms with Crippen LogP contribution in [0, 0.1) is 0 Å². The van der Waals surface area contributed by atoms with Crippen LogP contribution in [0.2, 0.25) is 5.02 Å². The number of carbonyl (C=O) groups excluding carboxylic acids is 1. The normalized spacial score (nSPS) is 17.6.